The molecule has 2 unspecified atom stereocenters. The summed E-state index contributed by atoms with van der Waals surface area (Å²) in [7, 11) is -8.72. The van der Waals surface area contributed by atoms with Crippen molar-refractivity contribution < 1.29 is 53.5 Å². The van der Waals surface area contributed by atoms with Gasteiger partial charge >= 0.3 is 15.6 Å². The zero-order valence-corrected chi connectivity index (χ0v) is 44.3. The Morgan fingerprint density at radius 2 is 0.955 bits per heavy atom. The van der Waals surface area contributed by atoms with E-state index in [1.165, 1.54) is 49.7 Å². The predicted molar refractivity (Wildman–Crippen MR) is 265 cm³/mol. The average Bonchev–Trinajstić information content (AvgIpc) is 3.21. The van der Waals surface area contributed by atoms with Crippen LogP contribution in [0.5, 0.6) is 23.0 Å². The molecule has 2 heterocycles. The Hall–Kier alpha value is -3.05. The number of phosphoric acid groups is 2. The molecule has 11 heteroatoms. The summed E-state index contributed by atoms with van der Waals surface area (Å²) in [5, 5.41) is 0. The van der Waals surface area contributed by atoms with E-state index < -0.39 is 15.6 Å². The number of aryl methyl sites for hydroxylation is 4. The minimum Gasteiger partial charge on any atom is -0.395 e. The van der Waals surface area contributed by atoms with E-state index in [9.17, 15) is 18.9 Å². The summed E-state index contributed by atoms with van der Waals surface area (Å²) in [5.41, 5.74) is 12.3. The Bertz CT molecular complexity index is 2410. The fourth-order valence-corrected chi connectivity index (χ4v) is 13.5. The van der Waals surface area contributed by atoms with Gasteiger partial charge in [0.2, 0.25) is 0 Å². The van der Waals surface area contributed by atoms with Crippen molar-refractivity contribution >= 4 is 15.6 Å². The van der Waals surface area contributed by atoms with Gasteiger partial charge in [-0.25, -0.2) is 9.13 Å². The molecular formula is C55H76NiO8P2. The van der Waals surface area contributed by atoms with Crippen LogP contribution in [-0.2, 0) is 54.7 Å². The first-order valence-corrected chi connectivity index (χ1v) is 27.5. The molecule has 2 aliphatic heterocycles. The first-order chi connectivity index (χ1) is 30.6. The molecule has 0 amide bonds. The van der Waals surface area contributed by atoms with Crippen LogP contribution in [0.25, 0.3) is 0 Å². The molecule has 0 saturated heterocycles. The SMILES string of the molecule is CCCC(C)c1cc(C)cc2c1OP(=O)(O)Oc1c(cc(C)cc1C(C)(C)CCC)C2.Cc1cc2c(c(C3(C)CCCCC3)c1)OP(=O)(O)Oc1c(cc(C)cc1C1(C)CCCCC1)C2.[Ni]. The summed E-state index contributed by atoms with van der Waals surface area (Å²) < 4.78 is 50.2. The van der Waals surface area contributed by atoms with Crippen molar-refractivity contribution in [2.45, 2.75) is 201 Å². The number of rotatable bonds is 8. The van der Waals surface area contributed by atoms with Gasteiger partial charge in [0.1, 0.15) is 23.0 Å². The van der Waals surface area contributed by atoms with E-state index >= 15 is 0 Å². The van der Waals surface area contributed by atoms with Gasteiger partial charge in [-0.3, -0.25) is 9.79 Å². The van der Waals surface area contributed by atoms with Crippen LogP contribution < -0.4 is 18.1 Å². The molecule has 2 saturated carbocycles. The Balaban J connectivity index is 0.000000216. The summed E-state index contributed by atoms with van der Waals surface area (Å²) in [4.78, 5) is 21.8. The van der Waals surface area contributed by atoms with Crippen LogP contribution in [0.3, 0.4) is 0 Å². The second kappa shape index (κ2) is 20.5. The van der Waals surface area contributed by atoms with Gasteiger partial charge in [0.15, 0.2) is 0 Å². The molecule has 0 aromatic heterocycles. The normalized spacial score (nSPS) is 20.9. The minimum absolute atomic E-state index is 0. The molecule has 2 atom stereocenters. The van der Waals surface area contributed by atoms with E-state index in [2.05, 4.69) is 125 Å². The number of benzene rings is 4. The molecule has 0 bridgehead atoms. The van der Waals surface area contributed by atoms with Gasteiger partial charge in [0, 0.05) is 46.0 Å². The smallest absolute Gasteiger partial charge is 0.395 e. The van der Waals surface area contributed by atoms with Crippen molar-refractivity contribution in [3.63, 3.8) is 0 Å². The van der Waals surface area contributed by atoms with Crippen molar-refractivity contribution in [3.8, 4) is 23.0 Å². The Morgan fingerprint density at radius 1 is 0.576 bits per heavy atom. The van der Waals surface area contributed by atoms with E-state index in [1.807, 2.05) is 0 Å². The van der Waals surface area contributed by atoms with Gasteiger partial charge in [-0.05, 0) is 116 Å². The van der Waals surface area contributed by atoms with E-state index in [0.717, 1.165) is 107 Å². The maximum atomic E-state index is 13.5. The van der Waals surface area contributed by atoms with E-state index in [4.69, 9.17) is 18.1 Å². The van der Waals surface area contributed by atoms with Crippen molar-refractivity contribution in [2.24, 2.45) is 0 Å². The molecule has 2 aliphatic carbocycles. The van der Waals surface area contributed by atoms with Crippen LogP contribution in [0.2, 0.25) is 0 Å². The second-order valence-corrected chi connectivity index (χ2v) is 24.1. The monoisotopic (exact) mass is 984 g/mol. The van der Waals surface area contributed by atoms with Gasteiger partial charge in [-0.15, -0.1) is 0 Å². The quantitative estimate of drug-likeness (QED) is 0.133. The Labute approximate surface area is 406 Å². The summed E-state index contributed by atoms with van der Waals surface area (Å²) in [6.07, 6.45) is 16.7. The van der Waals surface area contributed by atoms with Gasteiger partial charge in [0.05, 0.1) is 0 Å². The van der Waals surface area contributed by atoms with Crippen LogP contribution in [-0.4, -0.2) is 9.79 Å². The topological polar surface area (TPSA) is 112 Å². The van der Waals surface area contributed by atoms with E-state index in [0.29, 0.717) is 35.8 Å². The molecule has 8 rings (SSSR count). The average molecular weight is 986 g/mol. The molecule has 2 fully saturated rings. The predicted octanol–water partition coefficient (Wildman–Crippen LogP) is 16.0. The molecule has 4 aliphatic rings. The summed E-state index contributed by atoms with van der Waals surface area (Å²) in [6.45, 7) is 23.7. The molecule has 0 spiro atoms. The van der Waals surface area contributed by atoms with Gasteiger partial charge in [-0.2, -0.15) is 0 Å². The van der Waals surface area contributed by atoms with Crippen molar-refractivity contribution in [2.75, 3.05) is 0 Å². The van der Waals surface area contributed by atoms with E-state index in [1.54, 1.807) is 0 Å². The zero-order chi connectivity index (χ0) is 47.1. The number of hydrogen-bond donors (Lipinski definition) is 2. The van der Waals surface area contributed by atoms with Crippen LogP contribution >= 0.6 is 15.6 Å². The third-order valence-electron chi connectivity index (χ3n) is 14.9. The minimum atomic E-state index is -4.37. The molecule has 2 N–H and O–H groups in total. The standard InChI is InChI=1S/C29H39O4P.C26H37O4P.Ni/c1-20-15-22-19-23-16-21(2)18-25(29(4)13-9-6-10-14-29)27(23)33-34(30,31)32-26(22)24(17-20)28(3)11-7-5-8-12-28;1-8-10-19(5)22-14-17(3)12-20-16-21-13-18(4)15-23(26(6,7)11-9-2)25(21)30-31(27,28)29-24(20)22;/h15-18H,5-14,19H2,1-4H3,(H,30,31);12-15,19H,8-11,16H2,1-7H3,(H,27,28);. The molecule has 4 aromatic rings. The third kappa shape index (κ3) is 11.5. The number of hydrogen-bond acceptors (Lipinski definition) is 6. The summed E-state index contributed by atoms with van der Waals surface area (Å²) >= 11 is 0. The first-order valence-electron chi connectivity index (χ1n) is 24.6. The molecule has 0 radical (unpaired) electrons. The second-order valence-electron chi connectivity index (χ2n) is 21.5. The van der Waals surface area contributed by atoms with Crippen LogP contribution in [0, 0.1) is 27.7 Å². The molecule has 8 nitrogen and oxygen atoms in total. The molecule has 66 heavy (non-hydrogen) atoms. The van der Waals surface area contributed by atoms with Gasteiger partial charge < -0.3 is 18.1 Å². The van der Waals surface area contributed by atoms with Crippen LogP contribution in [0.1, 0.15) is 211 Å². The fourth-order valence-electron chi connectivity index (χ4n) is 11.6. The zero-order valence-electron chi connectivity index (χ0n) is 41.6. The van der Waals surface area contributed by atoms with Crippen LogP contribution in [0.4, 0.5) is 0 Å². The molecular weight excluding hydrogens is 909 g/mol. The fraction of sp³-hybridized carbons (Fsp3) is 0.564. The Morgan fingerprint density at radius 3 is 1.39 bits per heavy atom. The Kier molecular flexibility index (Phi) is 16.3. The summed E-state index contributed by atoms with van der Waals surface area (Å²) in [6, 6.07) is 16.9. The van der Waals surface area contributed by atoms with Crippen LogP contribution in [0.15, 0.2) is 48.5 Å². The largest absolute Gasteiger partial charge is 0.584 e. The number of phosphoric ester groups is 2. The molecule has 4 aromatic carbocycles. The molecule has 364 valence electrons. The van der Waals surface area contributed by atoms with Gasteiger partial charge in [-0.1, -0.05) is 171 Å². The third-order valence-corrected chi connectivity index (χ3v) is 16.6. The summed E-state index contributed by atoms with van der Waals surface area (Å²) in [5.74, 6) is 2.38. The van der Waals surface area contributed by atoms with Gasteiger partial charge in [0.25, 0.3) is 0 Å². The van der Waals surface area contributed by atoms with Crippen molar-refractivity contribution in [1.82, 2.24) is 0 Å². The van der Waals surface area contributed by atoms with Crippen molar-refractivity contribution in [3.05, 3.63) is 115 Å². The first kappa shape index (κ1) is 52.3. The maximum absolute atomic E-state index is 13.5. The van der Waals surface area contributed by atoms with Crippen molar-refractivity contribution in [1.29, 1.82) is 0 Å². The number of fused-ring (bicyclic) bond motifs is 4. The van der Waals surface area contributed by atoms with E-state index in [-0.39, 0.29) is 38.7 Å². The maximum Gasteiger partial charge on any atom is 0.584 e.